The molecule has 1 saturated heterocycles. The predicted octanol–water partition coefficient (Wildman–Crippen LogP) is 3.51. The molecule has 1 aromatic heterocycles. The van der Waals surface area contributed by atoms with Crippen LogP contribution in [0.5, 0.6) is 0 Å². The first-order valence-corrected chi connectivity index (χ1v) is 10.2. The van der Waals surface area contributed by atoms with E-state index in [0.29, 0.717) is 23.9 Å². The van der Waals surface area contributed by atoms with Crippen LogP contribution >= 0.6 is 23.4 Å². The van der Waals surface area contributed by atoms with E-state index in [1.807, 2.05) is 24.0 Å². The number of amides is 1. The van der Waals surface area contributed by atoms with Crippen LogP contribution in [0.3, 0.4) is 0 Å². The van der Waals surface area contributed by atoms with Crippen molar-refractivity contribution >= 4 is 29.3 Å². The van der Waals surface area contributed by atoms with Crippen molar-refractivity contribution in [1.29, 1.82) is 0 Å². The summed E-state index contributed by atoms with van der Waals surface area (Å²) in [5, 5.41) is 1.43. The third kappa shape index (κ3) is 4.96. The zero-order valence-corrected chi connectivity index (χ0v) is 16.7. The molecule has 0 unspecified atom stereocenters. The zero-order chi connectivity index (χ0) is 18.5. The number of benzene rings is 1. The van der Waals surface area contributed by atoms with Crippen molar-refractivity contribution in [3.05, 3.63) is 52.3 Å². The van der Waals surface area contributed by atoms with E-state index < -0.39 is 0 Å². The monoisotopic (exact) mass is 390 g/mol. The van der Waals surface area contributed by atoms with Gasteiger partial charge in [0.2, 0.25) is 0 Å². The fraction of sp³-hybridized carbons (Fsp3) is 0.421. The number of hydrogen-bond acceptors (Lipinski definition) is 5. The second kappa shape index (κ2) is 8.84. The van der Waals surface area contributed by atoms with Crippen LogP contribution in [-0.4, -0.2) is 57.6 Å². The molecule has 0 saturated carbocycles. The summed E-state index contributed by atoms with van der Waals surface area (Å²) < 4.78 is 0. The summed E-state index contributed by atoms with van der Waals surface area (Å²) in [5.74, 6) is 0.889. The molecule has 7 heteroatoms. The van der Waals surface area contributed by atoms with E-state index in [0.717, 1.165) is 36.1 Å². The molecule has 0 radical (unpaired) electrons. The first-order chi connectivity index (χ1) is 12.5. The van der Waals surface area contributed by atoms with Gasteiger partial charge in [-0.3, -0.25) is 9.69 Å². The first-order valence-electron chi connectivity index (χ1n) is 8.79. The second-order valence-corrected chi connectivity index (χ2v) is 7.97. The molecule has 1 amide bonds. The second-order valence-electron chi connectivity index (χ2n) is 6.30. The predicted molar refractivity (Wildman–Crippen MR) is 106 cm³/mol. The van der Waals surface area contributed by atoms with E-state index in [-0.39, 0.29) is 5.91 Å². The molecule has 1 fully saturated rings. The van der Waals surface area contributed by atoms with Crippen molar-refractivity contribution in [2.75, 3.05) is 31.9 Å². The van der Waals surface area contributed by atoms with Crippen LogP contribution in [-0.2, 0) is 6.54 Å². The molecule has 3 rings (SSSR count). The van der Waals surface area contributed by atoms with Gasteiger partial charge in [0.1, 0.15) is 5.69 Å². The van der Waals surface area contributed by atoms with Gasteiger partial charge in [0.05, 0.1) is 0 Å². The number of halogens is 1. The van der Waals surface area contributed by atoms with E-state index in [1.165, 1.54) is 5.56 Å². The Morgan fingerprint density at radius 2 is 1.85 bits per heavy atom. The lowest BCUT2D eigenvalue weighted by atomic mass is 10.2. The molecule has 1 aromatic carbocycles. The highest BCUT2D eigenvalue weighted by atomic mass is 35.5. The number of piperazine rings is 1. The minimum Gasteiger partial charge on any atom is -0.335 e. The zero-order valence-electron chi connectivity index (χ0n) is 15.1. The third-order valence-electron chi connectivity index (χ3n) is 4.31. The smallest absolute Gasteiger partial charge is 0.272 e. The minimum absolute atomic E-state index is 0.000374. The lowest BCUT2D eigenvalue weighted by Crippen LogP contribution is -2.48. The number of hydrogen-bond donors (Lipinski definition) is 0. The Morgan fingerprint density at radius 1 is 1.15 bits per heavy atom. The highest BCUT2D eigenvalue weighted by Crippen LogP contribution is 2.16. The van der Waals surface area contributed by atoms with Gasteiger partial charge in [0.25, 0.3) is 5.91 Å². The number of nitrogens with zero attached hydrogens (tertiary/aromatic N) is 4. The quantitative estimate of drug-likeness (QED) is 0.577. The highest BCUT2D eigenvalue weighted by molar-refractivity contribution is 7.99. The summed E-state index contributed by atoms with van der Waals surface area (Å²) in [6.45, 7) is 7.98. The highest BCUT2D eigenvalue weighted by Gasteiger charge is 2.23. The molecule has 138 valence electrons. The number of thioether (sulfide) groups is 1. The van der Waals surface area contributed by atoms with Gasteiger partial charge >= 0.3 is 0 Å². The van der Waals surface area contributed by atoms with Gasteiger partial charge in [-0.2, -0.15) is 0 Å². The maximum absolute atomic E-state index is 12.8. The SMILES string of the molecule is CCSc1nc(C)cc(C(=O)N2CCN(Cc3ccc(Cl)cc3)CC2)n1. The Hall–Kier alpha value is -1.63. The van der Waals surface area contributed by atoms with Gasteiger partial charge in [-0.1, -0.05) is 42.4 Å². The fourth-order valence-corrected chi connectivity index (χ4v) is 3.72. The van der Waals surface area contributed by atoms with Crippen LogP contribution < -0.4 is 0 Å². The lowest BCUT2D eigenvalue weighted by molar-refractivity contribution is 0.0621. The Kier molecular flexibility index (Phi) is 6.51. The van der Waals surface area contributed by atoms with E-state index in [1.54, 1.807) is 17.8 Å². The van der Waals surface area contributed by atoms with Crippen molar-refractivity contribution in [2.24, 2.45) is 0 Å². The van der Waals surface area contributed by atoms with E-state index in [4.69, 9.17) is 11.6 Å². The molecule has 1 aliphatic heterocycles. The summed E-state index contributed by atoms with van der Waals surface area (Å²) in [6, 6.07) is 9.72. The molecule has 2 aromatic rings. The molecular formula is C19H23ClN4OS. The summed E-state index contributed by atoms with van der Waals surface area (Å²) in [5.41, 5.74) is 2.57. The molecule has 1 aliphatic rings. The summed E-state index contributed by atoms with van der Waals surface area (Å²) in [7, 11) is 0. The normalized spacial score (nSPS) is 15.3. The van der Waals surface area contributed by atoms with Crippen molar-refractivity contribution in [3.8, 4) is 0 Å². The number of aryl methyl sites for hydroxylation is 1. The molecule has 5 nitrogen and oxygen atoms in total. The van der Waals surface area contributed by atoms with Gasteiger partial charge in [-0.05, 0) is 36.4 Å². The fourth-order valence-electron chi connectivity index (χ4n) is 2.96. The van der Waals surface area contributed by atoms with Crippen LogP contribution in [0.4, 0.5) is 0 Å². The van der Waals surface area contributed by atoms with E-state index >= 15 is 0 Å². The van der Waals surface area contributed by atoms with Crippen molar-refractivity contribution in [3.63, 3.8) is 0 Å². The van der Waals surface area contributed by atoms with E-state index in [2.05, 4.69) is 33.9 Å². The Labute approximate surface area is 163 Å². The maximum atomic E-state index is 12.8. The number of rotatable bonds is 5. The van der Waals surface area contributed by atoms with Crippen molar-refractivity contribution in [1.82, 2.24) is 19.8 Å². The number of carbonyl (C=O) groups excluding carboxylic acids is 1. The van der Waals surface area contributed by atoms with Crippen LogP contribution in [0.1, 0.15) is 28.7 Å². The molecule has 0 atom stereocenters. The lowest BCUT2D eigenvalue weighted by Gasteiger charge is -2.34. The average Bonchev–Trinajstić information content (AvgIpc) is 2.63. The van der Waals surface area contributed by atoms with Gasteiger partial charge in [0.15, 0.2) is 5.16 Å². The average molecular weight is 391 g/mol. The summed E-state index contributed by atoms with van der Waals surface area (Å²) in [4.78, 5) is 25.9. The molecule has 0 spiro atoms. The molecule has 26 heavy (non-hydrogen) atoms. The Morgan fingerprint density at radius 3 is 2.50 bits per heavy atom. The molecule has 2 heterocycles. The largest absolute Gasteiger partial charge is 0.335 e. The molecule has 0 N–H and O–H groups in total. The number of aromatic nitrogens is 2. The number of carbonyl (C=O) groups is 1. The molecule has 0 bridgehead atoms. The topological polar surface area (TPSA) is 49.3 Å². The standard InChI is InChI=1S/C19H23ClN4OS/c1-3-26-19-21-14(2)12-17(22-19)18(25)24-10-8-23(9-11-24)13-15-4-6-16(20)7-5-15/h4-7,12H,3,8-11,13H2,1-2H3. The van der Waals surface area contributed by atoms with Crippen LogP contribution in [0, 0.1) is 6.92 Å². The van der Waals surface area contributed by atoms with Gasteiger partial charge in [-0.25, -0.2) is 9.97 Å². The minimum atomic E-state index is -0.000374. The maximum Gasteiger partial charge on any atom is 0.272 e. The van der Waals surface area contributed by atoms with Crippen LogP contribution in [0.25, 0.3) is 0 Å². The molecule has 0 aliphatic carbocycles. The van der Waals surface area contributed by atoms with Crippen LogP contribution in [0.15, 0.2) is 35.5 Å². The van der Waals surface area contributed by atoms with Crippen molar-refractivity contribution in [2.45, 2.75) is 25.5 Å². The first kappa shape index (κ1) is 19.1. The Balaban J connectivity index is 1.59. The Bertz CT molecular complexity index is 761. The summed E-state index contributed by atoms with van der Waals surface area (Å²) >= 11 is 7.50. The third-order valence-corrected chi connectivity index (χ3v) is 5.29. The summed E-state index contributed by atoms with van der Waals surface area (Å²) in [6.07, 6.45) is 0. The van der Waals surface area contributed by atoms with Crippen molar-refractivity contribution < 1.29 is 4.79 Å². The van der Waals surface area contributed by atoms with Crippen LogP contribution in [0.2, 0.25) is 5.02 Å². The van der Waals surface area contributed by atoms with Gasteiger partial charge in [-0.15, -0.1) is 0 Å². The van der Waals surface area contributed by atoms with E-state index in [9.17, 15) is 4.79 Å². The van der Waals surface area contributed by atoms with Gasteiger partial charge in [0, 0.05) is 43.4 Å². The van der Waals surface area contributed by atoms with Gasteiger partial charge < -0.3 is 4.90 Å². The molecular weight excluding hydrogens is 368 g/mol.